The number of nitrogens with one attached hydrogen (secondary N) is 2. The van der Waals surface area contributed by atoms with Gasteiger partial charge in [0.1, 0.15) is 5.69 Å². The molecule has 0 aliphatic carbocycles. The van der Waals surface area contributed by atoms with E-state index in [0.29, 0.717) is 35.0 Å². The first-order valence-electron chi connectivity index (χ1n) is 8.55. The number of H-pyrrole nitrogens is 1. The van der Waals surface area contributed by atoms with E-state index in [-0.39, 0.29) is 5.91 Å². The standard InChI is InChI=1S/C20H26N2O3/c1-7-25-20(24)18-13(5)16(14(6)21-18)19(23)22-17-12(4)9-8-10-15(17)11(2)3/h8-11,21H,7H2,1-6H3,(H,22,23). The molecule has 1 amide bonds. The van der Waals surface area contributed by atoms with Crippen LogP contribution in [-0.4, -0.2) is 23.5 Å². The fraction of sp³-hybridized carbons (Fsp3) is 0.400. The SMILES string of the molecule is CCOC(=O)c1[nH]c(C)c(C(=O)Nc2c(C)cccc2C(C)C)c1C. The molecular formula is C20H26N2O3. The number of aromatic amines is 1. The second kappa shape index (κ2) is 7.55. The number of aryl methyl sites for hydroxylation is 2. The highest BCUT2D eigenvalue weighted by Gasteiger charge is 2.23. The topological polar surface area (TPSA) is 71.2 Å². The molecule has 0 unspecified atom stereocenters. The Hall–Kier alpha value is -2.56. The van der Waals surface area contributed by atoms with Crippen molar-refractivity contribution in [3.8, 4) is 0 Å². The smallest absolute Gasteiger partial charge is 0.355 e. The summed E-state index contributed by atoms with van der Waals surface area (Å²) in [5.41, 5.74) is 5.01. The predicted molar refractivity (Wildman–Crippen MR) is 99.4 cm³/mol. The van der Waals surface area contributed by atoms with E-state index in [1.165, 1.54) is 0 Å². The summed E-state index contributed by atoms with van der Waals surface area (Å²) in [5, 5.41) is 3.03. The molecule has 0 atom stereocenters. The van der Waals surface area contributed by atoms with Gasteiger partial charge in [0.2, 0.25) is 0 Å². The van der Waals surface area contributed by atoms with Gasteiger partial charge in [0.05, 0.1) is 12.2 Å². The molecule has 0 saturated carbocycles. The molecule has 2 aromatic rings. The van der Waals surface area contributed by atoms with Crippen molar-refractivity contribution in [1.82, 2.24) is 4.98 Å². The number of ether oxygens (including phenoxy) is 1. The van der Waals surface area contributed by atoms with E-state index in [1.54, 1.807) is 20.8 Å². The van der Waals surface area contributed by atoms with Crippen molar-refractivity contribution in [3.63, 3.8) is 0 Å². The highest BCUT2D eigenvalue weighted by Crippen LogP contribution is 2.29. The Morgan fingerprint density at radius 1 is 1.20 bits per heavy atom. The molecule has 2 rings (SSSR count). The second-order valence-corrected chi connectivity index (χ2v) is 6.49. The molecule has 0 bridgehead atoms. The molecule has 134 valence electrons. The second-order valence-electron chi connectivity index (χ2n) is 6.49. The summed E-state index contributed by atoms with van der Waals surface area (Å²) in [4.78, 5) is 27.9. The van der Waals surface area contributed by atoms with Gasteiger partial charge in [-0.15, -0.1) is 0 Å². The fourth-order valence-corrected chi connectivity index (χ4v) is 3.02. The maximum atomic E-state index is 12.9. The van der Waals surface area contributed by atoms with Crippen LogP contribution in [0.25, 0.3) is 0 Å². The summed E-state index contributed by atoms with van der Waals surface area (Å²) in [6, 6.07) is 5.99. The molecule has 0 spiro atoms. The van der Waals surface area contributed by atoms with Gasteiger partial charge in [-0.1, -0.05) is 32.0 Å². The number of hydrogen-bond donors (Lipinski definition) is 2. The van der Waals surface area contributed by atoms with Crippen LogP contribution in [0.5, 0.6) is 0 Å². The summed E-state index contributed by atoms with van der Waals surface area (Å²) in [6.45, 7) is 11.7. The number of benzene rings is 1. The van der Waals surface area contributed by atoms with E-state index in [2.05, 4.69) is 24.1 Å². The third kappa shape index (κ3) is 3.76. The van der Waals surface area contributed by atoms with Crippen molar-refractivity contribution in [2.24, 2.45) is 0 Å². The molecule has 1 aromatic heterocycles. The van der Waals surface area contributed by atoms with Gasteiger partial charge in [0.25, 0.3) is 5.91 Å². The molecule has 5 nitrogen and oxygen atoms in total. The molecule has 0 saturated heterocycles. The largest absolute Gasteiger partial charge is 0.461 e. The quantitative estimate of drug-likeness (QED) is 0.786. The number of amides is 1. The first-order chi connectivity index (χ1) is 11.8. The Morgan fingerprint density at radius 2 is 1.88 bits per heavy atom. The monoisotopic (exact) mass is 342 g/mol. The Kier molecular flexibility index (Phi) is 5.67. The van der Waals surface area contributed by atoms with Crippen LogP contribution in [0.15, 0.2) is 18.2 Å². The Balaban J connectivity index is 2.39. The van der Waals surface area contributed by atoms with E-state index >= 15 is 0 Å². The molecular weight excluding hydrogens is 316 g/mol. The van der Waals surface area contributed by atoms with Crippen LogP contribution in [0, 0.1) is 20.8 Å². The minimum atomic E-state index is -0.444. The van der Waals surface area contributed by atoms with E-state index < -0.39 is 5.97 Å². The first kappa shape index (κ1) is 18.8. The molecule has 2 N–H and O–H groups in total. The zero-order valence-corrected chi connectivity index (χ0v) is 15.7. The molecule has 1 heterocycles. The van der Waals surface area contributed by atoms with Gasteiger partial charge in [-0.3, -0.25) is 4.79 Å². The van der Waals surface area contributed by atoms with E-state index in [1.807, 2.05) is 25.1 Å². The zero-order valence-electron chi connectivity index (χ0n) is 15.7. The summed E-state index contributed by atoms with van der Waals surface area (Å²) in [6.07, 6.45) is 0. The average molecular weight is 342 g/mol. The molecule has 25 heavy (non-hydrogen) atoms. The number of carbonyl (C=O) groups excluding carboxylic acids is 2. The van der Waals surface area contributed by atoms with Crippen LogP contribution >= 0.6 is 0 Å². The highest BCUT2D eigenvalue weighted by atomic mass is 16.5. The van der Waals surface area contributed by atoms with Crippen LogP contribution in [0.2, 0.25) is 0 Å². The average Bonchev–Trinajstić information content (AvgIpc) is 2.84. The van der Waals surface area contributed by atoms with Gasteiger partial charge in [0.15, 0.2) is 0 Å². The Bertz CT molecular complexity index is 804. The third-order valence-corrected chi connectivity index (χ3v) is 4.31. The van der Waals surface area contributed by atoms with Crippen molar-refractivity contribution in [3.05, 3.63) is 51.8 Å². The lowest BCUT2D eigenvalue weighted by Crippen LogP contribution is -2.16. The lowest BCUT2D eigenvalue weighted by molar-refractivity contribution is 0.0519. The minimum Gasteiger partial charge on any atom is -0.461 e. The molecule has 0 fully saturated rings. The lowest BCUT2D eigenvalue weighted by Gasteiger charge is -2.16. The maximum Gasteiger partial charge on any atom is 0.355 e. The van der Waals surface area contributed by atoms with Gasteiger partial charge < -0.3 is 15.0 Å². The first-order valence-corrected chi connectivity index (χ1v) is 8.55. The van der Waals surface area contributed by atoms with Gasteiger partial charge in [-0.05, 0) is 50.3 Å². The van der Waals surface area contributed by atoms with Crippen molar-refractivity contribution >= 4 is 17.6 Å². The molecule has 5 heteroatoms. The van der Waals surface area contributed by atoms with E-state index in [4.69, 9.17) is 4.74 Å². The Morgan fingerprint density at radius 3 is 2.48 bits per heavy atom. The number of carbonyl (C=O) groups is 2. The highest BCUT2D eigenvalue weighted by molar-refractivity contribution is 6.08. The Labute approximate surface area is 148 Å². The predicted octanol–water partition coefficient (Wildman–Crippen LogP) is 4.49. The van der Waals surface area contributed by atoms with Gasteiger partial charge in [-0.2, -0.15) is 0 Å². The summed E-state index contributed by atoms with van der Waals surface area (Å²) in [7, 11) is 0. The van der Waals surface area contributed by atoms with Gasteiger partial charge in [-0.25, -0.2) is 4.79 Å². The van der Waals surface area contributed by atoms with Crippen molar-refractivity contribution < 1.29 is 14.3 Å². The van der Waals surface area contributed by atoms with Crippen molar-refractivity contribution in [2.45, 2.75) is 47.5 Å². The third-order valence-electron chi connectivity index (χ3n) is 4.31. The van der Waals surface area contributed by atoms with Crippen LogP contribution < -0.4 is 5.32 Å². The number of anilines is 1. The van der Waals surface area contributed by atoms with Crippen LogP contribution in [0.4, 0.5) is 5.69 Å². The number of hydrogen-bond acceptors (Lipinski definition) is 3. The number of rotatable bonds is 5. The van der Waals surface area contributed by atoms with Crippen LogP contribution in [0.3, 0.4) is 0 Å². The normalized spacial score (nSPS) is 10.8. The van der Waals surface area contributed by atoms with Crippen molar-refractivity contribution in [2.75, 3.05) is 11.9 Å². The number of para-hydroxylation sites is 1. The number of aromatic nitrogens is 1. The fourth-order valence-electron chi connectivity index (χ4n) is 3.02. The summed E-state index contributed by atoms with van der Waals surface area (Å²) in [5.74, 6) is -0.377. The maximum absolute atomic E-state index is 12.9. The molecule has 0 aliphatic heterocycles. The van der Waals surface area contributed by atoms with Gasteiger partial charge >= 0.3 is 5.97 Å². The van der Waals surface area contributed by atoms with E-state index in [0.717, 1.165) is 16.8 Å². The molecule has 1 aromatic carbocycles. The van der Waals surface area contributed by atoms with Gasteiger partial charge in [0, 0.05) is 11.4 Å². The zero-order chi connectivity index (χ0) is 18.7. The minimum absolute atomic E-state index is 0.224. The summed E-state index contributed by atoms with van der Waals surface area (Å²) < 4.78 is 5.04. The van der Waals surface area contributed by atoms with Crippen LogP contribution in [0.1, 0.15) is 69.9 Å². The summed E-state index contributed by atoms with van der Waals surface area (Å²) >= 11 is 0. The lowest BCUT2D eigenvalue weighted by atomic mass is 9.97. The molecule has 0 aliphatic rings. The van der Waals surface area contributed by atoms with Crippen molar-refractivity contribution in [1.29, 1.82) is 0 Å². The molecule has 0 radical (unpaired) electrons. The van der Waals surface area contributed by atoms with Crippen LogP contribution in [-0.2, 0) is 4.74 Å². The van der Waals surface area contributed by atoms with E-state index in [9.17, 15) is 9.59 Å². The number of esters is 1.